The molecule has 3 heterocycles. The molecular formula is C30H46N4O3. The zero-order chi connectivity index (χ0) is 27.4. The summed E-state index contributed by atoms with van der Waals surface area (Å²) in [7, 11) is 0. The molecule has 3 rings (SSSR count). The SMILES string of the molecule is CC(=O)C1=CC=CN(C(C)C)C1.CC(=O)c1ccc[n+](C(C)C)c1.CC(C)N1C=CCC(C(N)=O)=C1.[CH3-]. The highest BCUT2D eigenvalue weighted by Crippen LogP contribution is 2.14. The van der Waals surface area contributed by atoms with E-state index in [0.717, 1.165) is 17.7 Å². The molecule has 0 saturated heterocycles. The minimum atomic E-state index is -0.329. The van der Waals surface area contributed by atoms with E-state index in [4.69, 9.17) is 5.73 Å². The Morgan fingerprint density at radius 1 is 0.946 bits per heavy atom. The normalized spacial score (nSPS) is 14.1. The van der Waals surface area contributed by atoms with Crippen LogP contribution in [0, 0.1) is 7.43 Å². The maximum atomic E-state index is 11.0. The first-order chi connectivity index (χ1) is 16.8. The molecule has 0 fully saturated rings. The molecule has 0 spiro atoms. The number of rotatable bonds is 6. The van der Waals surface area contributed by atoms with Crippen LogP contribution in [0.15, 0.2) is 72.5 Å². The van der Waals surface area contributed by atoms with Crippen molar-refractivity contribution in [1.29, 1.82) is 0 Å². The predicted molar refractivity (Wildman–Crippen MR) is 151 cm³/mol. The van der Waals surface area contributed by atoms with E-state index >= 15 is 0 Å². The number of allylic oxidation sites excluding steroid dienone is 3. The van der Waals surface area contributed by atoms with Gasteiger partial charge in [-0.2, -0.15) is 0 Å². The minimum Gasteiger partial charge on any atom is -0.371 e. The van der Waals surface area contributed by atoms with Crippen molar-refractivity contribution in [1.82, 2.24) is 9.80 Å². The largest absolute Gasteiger partial charge is 0.371 e. The van der Waals surface area contributed by atoms with Crippen molar-refractivity contribution in [2.75, 3.05) is 6.54 Å². The summed E-state index contributed by atoms with van der Waals surface area (Å²) in [6.45, 7) is 16.5. The number of ketones is 2. The van der Waals surface area contributed by atoms with Crippen LogP contribution in [0.2, 0.25) is 0 Å². The molecule has 7 nitrogen and oxygen atoms in total. The fourth-order valence-electron chi connectivity index (χ4n) is 3.24. The molecule has 2 aliphatic heterocycles. The van der Waals surface area contributed by atoms with Crippen molar-refractivity contribution in [3.8, 4) is 0 Å². The molecular weight excluding hydrogens is 464 g/mol. The molecule has 1 aromatic heterocycles. The standard InChI is InChI=1S/C10H15NO.C10H14NO.C9H14N2O.CH3/c2*1-8(2)11-6-4-5-10(7-11)9(3)12;1-7(2)11-5-3-4-8(6-11)9(10)12;/h4-6,8H,7H2,1-3H3;4-8H,1-3H3;3,5-7H,4H2,1-2H3,(H2,10,12);1H3/q;+1;;-1. The first-order valence-electron chi connectivity index (χ1n) is 12.4. The third kappa shape index (κ3) is 11.9. The van der Waals surface area contributed by atoms with Gasteiger partial charge in [0.05, 0.1) is 5.56 Å². The first kappa shape index (κ1) is 33.5. The predicted octanol–water partition coefficient (Wildman–Crippen LogP) is 4.93. The van der Waals surface area contributed by atoms with Crippen LogP contribution >= 0.6 is 0 Å². The van der Waals surface area contributed by atoms with Gasteiger partial charge in [-0.1, -0.05) is 12.2 Å². The number of carbonyl (C=O) groups is 3. The molecule has 204 valence electrons. The molecule has 0 saturated carbocycles. The van der Waals surface area contributed by atoms with Crippen LogP contribution in [0.25, 0.3) is 0 Å². The van der Waals surface area contributed by atoms with Crippen molar-refractivity contribution in [2.45, 2.75) is 79.9 Å². The highest BCUT2D eigenvalue weighted by atomic mass is 16.1. The van der Waals surface area contributed by atoms with E-state index in [0.29, 0.717) is 30.1 Å². The second kappa shape index (κ2) is 16.3. The van der Waals surface area contributed by atoms with Crippen LogP contribution in [0.1, 0.15) is 78.2 Å². The van der Waals surface area contributed by atoms with E-state index in [1.807, 2.05) is 70.8 Å². The van der Waals surface area contributed by atoms with Crippen molar-refractivity contribution in [2.24, 2.45) is 5.73 Å². The number of aromatic nitrogens is 1. The molecule has 7 heteroatoms. The van der Waals surface area contributed by atoms with E-state index in [-0.39, 0.29) is 24.9 Å². The topological polar surface area (TPSA) is 87.6 Å². The molecule has 0 aromatic carbocycles. The summed E-state index contributed by atoms with van der Waals surface area (Å²) in [5.41, 5.74) is 7.50. The summed E-state index contributed by atoms with van der Waals surface area (Å²) in [6.07, 6.45) is 16.1. The number of amides is 1. The Morgan fingerprint density at radius 3 is 2.08 bits per heavy atom. The Hall–Kier alpha value is -3.48. The second-order valence-corrected chi connectivity index (χ2v) is 9.69. The fourth-order valence-corrected chi connectivity index (χ4v) is 3.24. The highest BCUT2D eigenvalue weighted by Gasteiger charge is 2.13. The zero-order valence-corrected chi connectivity index (χ0v) is 24.1. The van der Waals surface area contributed by atoms with Crippen molar-refractivity contribution < 1.29 is 19.0 Å². The van der Waals surface area contributed by atoms with Crippen molar-refractivity contribution in [3.63, 3.8) is 0 Å². The lowest BCUT2D eigenvalue weighted by Gasteiger charge is -2.27. The lowest BCUT2D eigenvalue weighted by Crippen LogP contribution is -2.35. The van der Waals surface area contributed by atoms with Crippen LogP contribution in [-0.2, 0) is 9.59 Å². The lowest BCUT2D eigenvalue weighted by atomic mass is 10.1. The first-order valence-corrected chi connectivity index (χ1v) is 12.4. The number of nitrogens with zero attached hydrogens (tertiary/aromatic N) is 3. The molecule has 0 bridgehead atoms. The zero-order valence-electron chi connectivity index (χ0n) is 24.1. The lowest BCUT2D eigenvalue weighted by molar-refractivity contribution is -0.716. The molecule has 1 aromatic rings. The molecule has 1 amide bonds. The maximum Gasteiger partial charge on any atom is 0.246 e. The Morgan fingerprint density at radius 2 is 1.59 bits per heavy atom. The summed E-state index contributed by atoms with van der Waals surface area (Å²) in [5, 5.41) is 0. The second-order valence-electron chi connectivity index (χ2n) is 9.69. The monoisotopic (exact) mass is 510 g/mol. The molecule has 0 unspecified atom stereocenters. The number of nitrogens with two attached hydrogens (primary N) is 1. The molecule has 0 atom stereocenters. The summed E-state index contributed by atoms with van der Waals surface area (Å²) >= 11 is 0. The number of Topliss-reactive ketones (excluding diaryl/α,β-unsaturated/α-hetero) is 2. The summed E-state index contributed by atoms with van der Waals surface area (Å²) in [4.78, 5) is 37.0. The Kier molecular flexibility index (Phi) is 14.8. The number of hydrogen-bond donors (Lipinski definition) is 1. The number of carbonyl (C=O) groups excluding carboxylic acids is 3. The molecule has 0 radical (unpaired) electrons. The number of pyridine rings is 1. The quantitative estimate of drug-likeness (QED) is 0.333. The van der Waals surface area contributed by atoms with Crippen LogP contribution < -0.4 is 10.3 Å². The van der Waals surface area contributed by atoms with Gasteiger partial charge in [0.15, 0.2) is 30.0 Å². The van der Waals surface area contributed by atoms with Gasteiger partial charge in [-0.25, -0.2) is 4.57 Å². The third-order valence-electron chi connectivity index (χ3n) is 5.70. The van der Waals surface area contributed by atoms with Gasteiger partial charge in [0.25, 0.3) is 0 Å². The van der Waals surface area contributed by atoms with Gasteiger partial charge >= 0.3 is 0 Å². The van der Waals surface area contributed by atoms with E-state index in [2.05, 4.69) is 46.4 Å². The number of primary amides is 1. The highest BCUT2D eigenvalue weighted by molar-refractivity contribution is 5.94. The van der Waals surface area contributed by atoms with Gasteiger partial charge in [0.1, 0.15) is 0 Å². The summed E-state index contributed by atoms with van der Waals surface area (Å²) in [6, 6.07) is 4.97. The molecule has 2 aliphatic rings. The van der Waals surface area contributed by atoms with E-state index < -0.39 is 0 Å². The van der Waals surface area contributed by atoms with Gasteiger partial charge < -0.3 is 23.0 Å². The average Bonchev–Trinajstić information content (AvgIpc) is 2.85. The smallest absolute Gasteiger partial charge is 0.246 e. The van der Waals surface area contributed by atoms with Crippen molar-refractivity contribution in [3.05, 3.63) is 85.5 Å². The molecule has 0 aliphatic carbocycles. The van der Waals surface area contributed by atoms with Gasteiger partial charge in [0.2, 0.25) is 5.91 Å². The van der Waals surface area contributed by atoms with Gasteiger partial charge in [-0.05, 0) is 80.2 Å². The minimum absolute atomic E-state index is 0. The van der Waals surface area contributed by atoms with Crippen LogP contribution in [-0.4, -0.2) is 45.9 Å². The Balaban J connectivity index is 0.000000518. The summed E-state index contributed by atoms with van der Waals surface area (Å²) < 4.78 is 2.02. The van der Waals surface area contributed by atoms with Crippen molar-refractivity contribution >= 4 is 17.5 Å². The Labute approximate surface area is 224 Å². The van der Waals surface area contributed by atoms with Crippen LogP contribution in [0.3, 0.4) is 0 Å². The van der Waals surface area contributed by atoms with E-state index in [1.54, 1.807) is 13.8 Å². The molecule has 2 N–H and O–H groups in total. The average molecular weight is 511 g/mol. The Bertz CT molecular complexity index is 1030. The third-order valence-corrected chi connectivity index (χ3v) is 5.70. The van der Waals surface area contributed by atoms with Gasteiger partial charge in [-0.15, -0.1) is 0 Å². The fraction of sp³-hybridized carbons (Fsp3) is 0.433. The maximum absolute atomic E-state index is 11.0. The van der Waals surface area contributed by atoms with E-state index in [9.17, 15) is 14.4 Å². The van der Waals surface area contributed by atoms with Gasteiger partial charge in [-0.3, -0.25) is 14.4 Å². The number of hydrogen-bond acceptors (Lipinski definition) is 5. The van der Waals surface area contributed by atoms with Crippen LogP contribution in [0.4, 0.5) is 0 Å². The van der Waals surface area contributed by atoms with E-state index in [1.165, 1.54) is 0 Å². The van der Waals surface area contributed by atoms with Gasteiger partial charge in [0, 0.05) is 48.2 Å². The molecule has 37 heavy (non-hydrogen) atoms. The summed E-state index contributed by atoms with van der Waals surface area (Å²) in [5.74, 6) is -0.0417. The van der Waals surface area contributed by atoms with Crippen LogP contribution in [0.5, 0.6) is 0 Å².